The lowest BCUT2D eigenvalue weighted by atomic mass is 9.95. The van der Waals surface area contributed by atoms with Gasteiger partial charge in [-0.15, -0.1) is 0 Å². The first kappa shape index (κ1) is 45.8. The first-order valence-electron chi connectivity index (χ1n) is 21.1. The molecule has 1 atom stereocenters. The van der Waals surface area contributed by atoms with Crippen molar-refractivity contribution in [3.05, 3.63) is 87.9 Å². The Kier molecular flexibility index (Phi) is 17.1. The summed E-state index contributed by atoms with van der Waals surface area (Å²) in [4.78, 5) is 70.0. The Morgan fingerprint density at radius 3 is 2.10 bits per heavy atom. The third kappa shape index (κ3) is 12.1. The van der Waals surface area contributed by atoms with Crippen LogP contribution in [-0.2, 0) is 14.4 Å². The van der Waals surface area contributed by atoms with E-state index in [2.05, 4.69) is 32.0 Å². The van der Waals surface area contributed by atoms with Gasteiger partial charge in [0.2, 0.25) is 18.2 Å². The van der Waals surface area contributed by atoms with Crippen molar-refractivity contribution in [3.8, 4) is 11.8 Å². The summed E-state index contributed by atoms with van der Waals surface area (Å²) in [6.45, 7) is 14.9. The van der Waals surface area contributed by atoms with Gasteiger partial charge in [-0.2, -0.15) is 5.26 Å². The minimum atomic E-state index is -0.980. The lowest BCUT2D eigenvalue weighted by Crippen LogP contribution is -2.54. The smallest absolute Gasteiger partial charge is 0.261 e. The lowest BCUT2D eigenvalue weighted by molar-refractivity contribution is -0.139. The van der Waals surface area contributed by atoms with Crippen LogP contribution < -0.4 is 19.9 Å². The predicted molar refractivity (Wildman–Crippen MR) is 234 cm³/mol. The number of piperazine rings is 1. The molecule has 3 aromatic rings. The fraction of sp³-hybridized carbons (Fsp3) is 0.478. The molecule has 0 aliphatic carbocycles. The minimum absolute atomic E-state index is 0.0922. The number of rotatable bonds is 10. The van der Waals surface area contributed by atoms with Crippen molar-refractivity contribution in [3.63, 3.8) is 0 Å². The number of aryl methyl sites for hydroxylation is 1. The van der Waals surface area contributed by atoms with Gasteiger partial charge >= 0.3 is 0 Å². The number of likely N-dealkylation sites (tertiary alicyclic amines) is 1. The van der Waals surface area contributed by atoms with Crippen molar-refractivity contribution < 1.29 is 28.7 Å². The second-order valence-electron chi connectivity index (χ2n) is 15.6. The molecule has 1 unspecified atom stereocenters. The Morgan fingerprint density at radius 1 is 0.867 bits per heavy atom. The van der Waals surface area contributed by atoms with E-state index in [0.717, 1.165) is 113 Å². The van der Waals surface area contributed by atoms with Gasteiger partial charge in [0, 0.05) is 93.9 Å². The summed E-state index contributed by atoms with van der Waals surface area (Å²) in [5, 5.41) is 11.4. The molecule has 4 saturated heterocycles. The second kappa shape index (κ2) is 22.4. The Morgan fingerprint density at radius 2 is 1.52 bits per heavy atom. The Labute approximate surface area is 359 Å². The molecule has 60 heavy (non-hydrogen) atoms. The number of benzene rings is 3. The molecule has 0 spiro atoms. The molecule has 4 aliphatic heterocycles. The Hall–Kier alpha value is -5.29. The van der Waals surface area contributed by atoms with Crippen molar-refractivity contribution in [2.75, 3.05) is 75.8 Å². The molecule has 1 N–H and O–H groups in total. The second-order valence-corrected chi connectivity index (χ2v) is 16.0. The van der Waals surface area contributed by atoms with E-state index in [0.29, 0.717) is 34.0 Å². The van der Waals surface area contributed by atoms with E-state index in [9.17, 15) is 24.0 Å². The monoisotopic (exact) mass is 839 g/mol. The van der Waals surface area contributed by atoms with Gasteiger partial charge in [-0.05, 0) is 112 Å². The molecule has 4 fully saturated rings. The van der Waals surface area contributed by atoms with Crippen molar-refractivity contribution in [2.45, 2.75) is 71.4 Å². The number of carbonyl (C=O) groups excluding carboxylic acids is 5. The molecule has 13 nitrogen and oxygen atoms in total. The van der Waals surface area contributed by atoms with Gasteiger partial charge in [-0.25, -0.2) is 0 Å². The molecule has 4 aliphatic rings. The highest BCUT2D eigenvalue weighted by atomic mass is 35.5. The number of nitriles is 1. The zero-order valence-corrected chi connectivity index (χ0v) is 36.0. The fourth-order valence-corrected chi connectivity index (χ4v) is 8.29. The third-order valence-corrected chi connectivity index (χ3v) is 11.9. The van der Waals surface area contributed by atoms with Crippen molar-refractivity contribution in [2.24, 2.45) is 5.92 Å². The highest BCUT2D eigenvalue weighted by molar-refractivity contribution is 6.31. The Bertz CT molecular complexity index is 1980. The van der Waals surface area contributed by atoms with E-state index < -0.39 is 23.8 Å². The summed E-state index contributed by atoms with van der Waals surface area (Å²) < 4.78 is 5.86. The molecule has 0 bridgehead atoms. The van der Waals surface area contributed by atoms with Crippen LogP contribution in [0.2, 0.25) is 5.02 Å². The van der Waals surface area contributed by atoms with Crippen molar-refractivity contribution in [1.82, 2.24) is 20.0 Å². The highest BCUT2D eigenvalue weighted by Crippen LogP contribution is 2.28. The predicted octanol–water partition coefficient (Wildman–Crippen LogP) is 5.96. The van der Waals surface area contributed by atoms with Crippen molar-refractivity contribution in [1.29, 1.82) is 5.26 Å². The van der Waals surface area contributed by atoms with E-state index in [4.69, 9.17) is 21.6 Å². The number of ether oxygens (including phenoxy) is 1. The molecular weight excluding hydrogens is 782 g/mol. The number of nitrogens with one attached hydrogen (secondary N) is 1. The molecule has 14 heteroatoms. The first-order valence-corrected chi connectivity index (χ1v) is 21.5. The van der Waals surface area contributed by atoms with Gasteiger partial charge in [0.15, 0.2) is 0 Å². The largest absolute Gasteiger partial charge is 0.490 e. The number of anilines is 2. The van der Waals surface area contributed by atoms with Crippen LogP contribution in [0, 0.1) is 24.2 Å². The van der Waals surface area contributed by atoms with Crippen LogP contribution >= 0.6 is 11.6 Å². The summed E-state index contributed by atoms with van der Waals surface area (Å²) in [6.07, 6.45) is 6.12. The summed E-state index contributed by atoms with van der Waals surface area (Å²) in [7, 11) is 2.12. The zero-order chi connectivity index (χ0) is 43.2. The maximum atomic E-state index is 13.2. The topological polar surface area (TPSA) is 147 Å². The van der Waals surface area contributed by atoms with Gasteiger partial charge in [0.1, 0.15) is 30.3 Å². The number of amides is 4. The molecule has 4 heterocycles. The van der Waals surface area contributed by atoms with Crippen LogP contribution in [-0.4, -0.2) is 123 Å². The summed E-state index contributed by atoms with van der Waals surface area (Å²) in [5.74, 6) is -0.125. The van der Waals surface area contributed by atoms with Gasteiger partial charge in [-0.3, -0.25) is 39.1 Å². The number of piperidine rings is 3. The average molecular weight is 840 g/mol. The summed E-state index contributed by atoms with van der Waals surface area (Å²) in [6, 6.07) is 19.7. The van der Waals surface area contributed by atoms with Gasteiger partial charge in [0.05, 0.1) is 10.6 Å². The summed E-state index contributed by atoms with van der Waals surface area (Å²) >= 11 is 5.96. The minimum Gasteiger partial charge on any atom is -0.490 e. The molecule has 0 aromatic heterocycles. The van der Waals surface area contributed by atoms with Crippen LogP contribution in [0.15, 0.2) is 60.7 Å². The van der Waals surface area contributed by atoms with E-state index in [1.54, 1.807) is 18.2 Å². The Balaban J connectivity index is 0.000000299. The van der Waals surface area contributed by atoms with Crippen LogP contribution in [0.3, 0.4) is 0 Å². The standard InChI is InChI=1S/C31H37N5O5.C13H15ClN2O.C2H6/c1-22-18-26(6-7-27(22)31(41)36(21-38)28-8-9-29(39)32-30(28)40)35-16-14-33(15-17-35)19-23-10-12-34(13-11-23)25-4-2-24(20-37)3-5-25;1-16-6-4-11(5-7-16)17-12-3-2-10(9-15)13(14)8-12;1-2/h2-7,18,20-21,23,28H,8-17,19H2,1H3,(H,32,39,40);2-3,8,11H,4-7H2,1H3;1-2H3. The van der Waals surface area contributed by atoms with E-state index in [1.807, 2.05) is 69.3 Å². The number of aldehydes is 1. The third-order valence-electron chi connectivity index (χ3n) is 11.6. The highest BCUT2D eigenvalue weighted by Gasteiger charge is 2.35. The number of nitrogens with zero attached hydrogens (tertiary/aromatic N) is 6. The van der Waals surface area contributed by atoms with Crippen LogP contribution in [0.5, 0.6) is 5.75 Å². The van der Waals surface area contributed by atoms with Crippen LogP contribution in [0.1, 0.15) is 84.2 Å². The van der Waals surface area contributed by atoms with Gasteiger partial charge < -0.3 is 19.4 Å². The zero-order valence-electron chi connectivity index (χ0n) is 35.3. The van der Waals surface area contributed by atoms with Crippen molar-refractivity contribution >= 4 is 53.4 Å². The van der Waals surface area contributed by atoms with E-state index >= 15 is 0 Å². The molecule has 7 rings (SSSR count). The normalized spacial score (nSPS) is 19.1. The number of carbonyl (C=O) groups is 5. The van der Waals surface area contributed by atoms with Crippen LogP contribution in [0.4, 0.5) is 11.4 Å². The molecule has 4 amide bonds. The van der Waals surface area contributed by atoms with E-state index in [-0.39, 0.29) is 18.9 Å². The summed E-state index contributed by atoms with van der Waals surface area (Å²) in [5.41, 5.74) is 4.52. The SMILES string of the molecule is CC.CN1CCC(Oc2ccc(C#N)c(Cl)c2)CC1.Cc1cc(N2CCN(CC3CCN(c4ccc(C=O)cc4)CC3)CC2)ccc1C(=O)N(C=O)C1CCC(=O)NC1=O. The maximum absolute atomic E-state index is 13.2. The average Bonchev–Trinajstić information content (AvgIpc) is 3.27. The fourth-order valence-electron chi connectivity index (χ4n) is 8.08. The number of halogens is 1. The lowest BCUT2D eigenvalue weighted by Gasteiger charge is -2.40. The van der Waals surface area contributed by atoms with E-state index in [1.165, 1.54) is 5.69 Å². The number of hydrogen-bond donors (Lipinski definition) is 1. The number of hydrogen-bond acceptors (Lipinski definition) is 11. The van der Waals surface area contributed by atoms with Gasteiger partial charge in [-0.1, -0.05) is 25.4 Å². The quantitative estimate of drug-likeness (QED) is 0.191. The van der Waals surface area contributed by atoms with Crippen LogP contribution in [0.25, 0.3) is 0 Å². The molecule has 0 radical (unpaired) electrons. The molecule has 3 aromatic carbocycles. The molecule has 320 valence electrons. The number of imide groups is 2. The van der Waals surface area contributed by atoms with Gasteiger partial charge in [0.25, 0.3) is 5.91 Å². The molecule has 0 saturated carbocycles. The first-order chi connectivity index (χ1) is 29.0. The maximum Gasteiger partial charge on any atom is 0.261 e. The molecular formula is C46H58ClN7O6.